The van der Waals surface area contributed by atoms with E-state index in [9.17, 15) is 8.42 Å². The maximum Gasteiger partial charge on any atom is 0.241 e. The van der Waals surface area contributed by atoms with Crippen molar-refractivity contribution in [3.8, 4) is 0 Å². The third kappa shape index (κ3) is 4.20. The molecule has 108 valence electrons. The second kappa shape index (κ2) is 5.81. The molecule has 0 bridgehead atoms. The van der Waals surface area contributed by atoms with Gasteiger partial charge in [0.1, 0.15) is 0 Å². The average molecular weight is 304 g/mol. The van der Waals surface area contributed by atoms with E-state index in [0.29, 0.717) is 11.4 Å². The van der Waals surface area contributed by atoms with Crippen LogP contribution < -0.4 is 4.72 Å². The summed E-state index contributed by atoms with van der Waals surface area (Å²) in [5.74, 6) is 0.268. The van der Waals surface area contributed by atoms with Crippen LogP contribution in [0.25, 0.3) is 0 Å². The van der Waals surface area contributed by atoms with Gasteiger partial charge in [0.15, 0.2) is 0 Å². The molecule has 1 rings (SSSR count). The van der Waals surface area contributed by atoms with Crippen molar-refractivity contribution in [2.24, 2.45) is 0 Å². The molecule has 0 saturated carbocycles. The first-order valence-electron chi connectivity index (χ1n) is 6.42. The standard InChI is InChI=1S/C14H22ClNO2S/c1-6-14(4,5)16-19(17,18)11-7-8-12(10(2)3)13(15)9-11/h7-10,16H,6H2,1-5H3. The van der Waals surface area contributed by atoms with Gasteiger partial charge in [-0.3, -0.25) is 0 Å². The van der Waals surface area contributed by atoms with E-state index in [1.807, 2.05) is 34.6 Å². The summed E-state index contributed by atoms with van der Waals surface area (Å²) in [5, 5.41) is 0.493. The lowest BCUT2D eigenvalue weighted by Crippen LogP contribution is -2.42. The highest BCUT2D eigenvalue weighted by atomic mass is 35.5. The van der Waals surface area contributed by atoms with Gasteiger partial charge < -0.3 is 0 Å². The fourth-order valence-electron chi connectivity index (χ4n) is 1.64. The number of benzene rings is 1. The number of rotatable bonds is 5. The molecule has 0 aromatic heterocycles. The third-order valence-corrected chi connectivity index (χ3v) is 5.22. The van der Waals surface area contributed by atoms with E-state index in [0.717, 1.165) is 5.56 Å². The van der Waals surface area contributed by atoms with Gasteiger partial charge in [-0.2, -0.15) is 0 Å². The molecule has 1 aromatic rings. The minimum absolute atomic E-state index is 0.212. The Kier molecular flexibility index (Phi) is 5.04. The summed E-state index contributed by atoms with van der Waals surface area (Å²) in [6, 6.07) is 4.90. The molecule has 0 aliphatic rings. The lowest BCUT2D eigenvalue weighted by atomic mass is 10.0. The summed E-state index contributed by atoms with van der Waals surface area (Å²) in [4.78, 5) is 0.212. The molecule has 0 saturated heterocycles. The summed E-state index contributed by atoms with van der Waals surface area (Å²) in [7, 11) is -3.53. The summed E-state index contributed by atoms with van der Waals surface area (Å²) < 4.78 is 27.2. The summed E-state index contributed by atoms with van der Waals surface area (Å²) in [6.07, 6.45) is 0.712. The zero-order valence-electron chi connectivity index (χ0n) is 12.1. The van der Waals surface area contributed by atoms with Crippen molar-refractivity contribution in [3.05, 3.63) is 28.8 Å². The molecule has 19 heavy (non-hydrogen) atoms. The number of sulfonamides is 1. The summed E-state index contributed by atoms with van der Waals surface area (Å²) in [6.45, 7) is 9.70. The maximum absolute atomic E-state index is 12.3. The number of halogens is 1. The maximum atomic E-state index is 12.3. The molecule has 0 aliphatic heterocycles. The monoisotopic (exact) mass is 303 g/mol. The van der Waals surface area contributed by atoms with Crippen LogP contribution in [-0.2, 0) is 10.0 Å². The highest BCUT2D eigenvalue weighted by molar-refractivity contribution is 7.89. The third-order valence-electron chi connectivity index (χ3n) is 3.20. The fourth-order valence-corrected chi connectivity index (χ4v) is 3.61. The van der Waals surface area contributed by atoms with Crippen LogP contribution in [-0.4, -0.2) is 14.0 Å². The summed E-state index contributed by atoms with van der Waals surface area (Å²) in [5.41, 5.74) is 0.484. The zero-order chi connectivity index (χ0) is 14.8. The van der Waals surface area contributed by atoms with Gasteiger partial charge in [0.2, 0.25) is 10.0 Å². The Morgan fingerprint density at radius 2 is 1.89 bits per heavy atom. The van der Waals surface area contributed by atoms with Crippen LogP contribution in [0.1, 0.15) is 52.5 Å². The lowest BCUT2D eigenvalue weighted by Gasteiger charge is -2.24. The van der Waals surface area contributed by atoms with Gasteiger partial charge in [-0.1, -0.05) is 38.4 Å². The SMILES string of the molecule is CCC(C)(C)NS(=O)(=O)c1ccc(C(C)C)c(Cl)c1. The normalized spacial score (nSPS) is 13.0. The van der Waals surface area contributed by atoms with E-state index < -0.39 is 15.6 Å². The van der Waals surface area contributed by atoms with Crippen molar-refractivity contribution >= 4 is 21.6 Å². The molecule has 0 atom stereocenters. The first kappa shape index (κ1) is 16.5. The highest BCUT2D eigenvalue weighted by Crippen LogP contribution is 2.27. The van der Waals surface area contributed by atoms with Crippen LogP contribution in [0.2, 0.25) is 5.02 Å². The molecule has 0 aliphatic carbocycles. The van der Waals surface area contributed by atoms with E-state index >= 15 is 0 Å². The quantitative estimate of drug-likeness (QED) is 0.896. The fraction of sp³-hybridized carbons (Fsp3) is 0.571. The Morgan fingerprint density at radius 1 is 1.32 bits per heavy atom. The topological polar surface area (TPSA) is 46.2 Å². The molecule has 0 fully saturated rings. The predicted molar refractivity (Wildman–Crippen MR) is 80.2 cm³/mol. The molecule has 3 nitrogen and oxygen atoms in total. The van der Waals surface area contributed by atoms with Crippen molar-refractivity contribution < 1.29 is 8.42 Å². The lowest BCUT2D eigenvalue weighted by molar-refractivity contribution is 0.439. The van der Waals surface area contributed by atoms with Gasteiger partial charge >= 0.3 is 0 Å². The van der Waals surface area contributed by atoms with E-state index in [1.54, 1.807) is 12.1 Å². The van der Waals surface area contributed by atoms with Gasteiger partial charge in [0.25, 0.3) is 0 Å². The molecular formula is C14H22ClNO2S. The van der Waals surface area contributed by atoms with Crippen LogP contribution in [0.15, 0.2) is 23.1 Å². The predicted octanol–water partition coefficient (Wildman–Crippen LogP) is 3.93. The van der Waals surface area contributed by atoms with Gasteiger partial charge in [-0.05, 0) is 43.9 Å². The second-order valence-electron chi connectivity index (χ2n) is 5.68. The average Bonchev–Trinajstić information content (AvgIpc) is 2.27. The minimum atomic E-state index is -3.53. The Hall–Kier alpha value is -0.580. The van der Waals surface area contributed by atoms with Gasteiger partial charge in [-0.15, -0.1) is 0 Å². The smallest absolute Gasteiger partial charge is 0.207 e. The molecule has 0 radical (unpaired) electrons. The molecule has 1 aromatic carbocycles. The molecule has 0 unspecified atom stereocenters. The van der Waals surface area contributed by atoms with Crippen LogP contribution in [0.3, 0.4) is 0 Å². The number of hydrogen-bond donors (Lipinski definition) is 1. The molecular weight excluding hydrogens is 282 g/mol. The number of nitrogens with one attached hydrogen (secondary N) is 1. The van der Waals surface area contributed by atoms with Crippen molar-refractivity contribution in [2.45, 2.75) is 57.4 Å². The van der Waals surface area contributed by atoms with E-state index in [2.05, 4.69) is 4.72 Å². The molecule has 1 N–H and O–H groups in total. The number of hydrogen-bond acceptors (Lipinski definition) is 2. The molecule has 0 spiro atoms. The first-order chi connectivity index (χ1) is 8.59. The van der Waals surface area contributed by atoms with Gasteiger partial charge in [0.05, 0.1) is 4.90 Å². The molecule has 5 heteroatoms. The van der Waals surface area contributed by atoms with E-state index in [1.165, 1.54) is 6.07 Å². The van der Waals surface area contributed by atoms with Crippen molar-refractivity contribution in [3.63, 3.8) is 0 Å². The molecule has 0 heterocycles. The Balaban J connectivity index is 3.14. The van der Waals surface area contributed by atoms with E-state index in [-0.39, 0.29) is 10.8 Å². The van der Waals surface area contributed by atoms with Crippen molar-refractivity contribution in [1.29, 1.82) is 0 Å². The van der Waals surface area contributed by atoms with E-state index in [4.69, 9.17) is 11.6 Å². The zero-order valence-corrected chi connectivity index (χ0v) is 13.7. The van der Waals surface area contributed by atoms with Crippen LogP contribution in [0, 0.1) is 0 Å². The second-order valence-corrected chi connectivity index (χ2v) is 7.77. The highest BCUT2D eigenvalue weighted by Gasteiger charge is 2.25. The summed E-state index contributed by atoms with van der Waals surface area (Å²) >= 11 is 6.14. The first-order valence-corrected chi connectivity index (χ1v) is 8.28. The largest absolute Gasteiger partial charge is 0.241 e. The van der Waals surface area contributed by atoms with Crippen LogP contribution in [0.5, 0.6) is 0 Å². The van der Waals surface area contributed by atoms with Gasteiger partial charge in [-0.25, -0.2) is 13.1 Å². The Morgan fingerprint density at radius 3 is 2.32 bits per heavy atom. The minimum Gasteiger partial charge on any atom is -0.207 e. The van der Waals surface area contributed by atoms with Crippen LogP contribution >= 0.6 is 11.6 Å². The van der Waals surface area contributed by atoms with Crippen LogP contribution in [0.4, 0.5) is 0 Å². The molecule has 0 amide bonds. The Labute approximate surface area is 121 Å². The Bertz CT molecular complexity index is 551. The van der Waals surface area contributed by atoms with Crippen molar-refractivity contribution in [1.82, 2.24) is 4.72 Å². The van der Waals surface area contributed by atoms with Gasteiger partial charge in [0, 0.05) is 10.6 Å². The van der Waals surface area contributed by atoms with Crippen molar-refractivity contribution in [2.75, 3.05) is 0 Å².